The van der Waals surface area contributed by atoms with E-state index in [1.807, 2.05) is 43.3 Å². The number of methoxy groups -OCH3 is 2. The fraction of sp³-hybridized carbons (Fsp3) is 0.436. The van der Waals surface area contributed by atoms with Crippen molar-refractivity contribution in [3.05, 3.63) is 76.6 Å². The molecule has 3 amide bonds. The number of aryl methyl sites for hydroxylation is 1. The van der Waals surface area contributed by atoms with E-state index in [-0.39, 0.29) is 42.1 Å². The third kappa shape index (κ3) is 8.73. The molecule has 12 heteroatoms. The van der Waals surface area contributed by atoms with Crippen LogP contribution in [0.2, 0.25) is 0 Å². The van der Waals surface area contributed by atoms with Crippen molar-refractivity contribution >= 4 is 40.7 Å². The molecule has 5 rings (SSSR count). The number of amides is 3. The molecule has 3 aliphatic rings. The minimum absolute atomic E-state index is 0.0700. The molecule has 1 fully saturated rings. The Morgan fingerprint density at radius 1 is 0.980 bits per heavy atom. The largest absolute Gasteiger partial charge is 0.496 e. The minimum Gasteiger partial charge on any atom is -0.496 e. The lowest BCUT2D eigenvalue weighted by molar-refractivity contribution is -0.133. The van der Waals surface area contributed by atoms with E-state index in [0.29, 0.717) is 81.6 Å². The molecule has 1 saturated carbocycles. The monoisotopic (exact) mass is 697 g/mol. The number of ether oxygens (including phenoxy) is 2. The molecular formula is C39H47N5O7. The van der Waals surface area contributed by atoms with Crippen molar-refractivity contribution in [2.75, 3.05) is 34.4 Å². The van der Waals surface area contributed by atoms with Crippen molar-refractivity contribution in [2.45, 2.75) is 77.3 Å². The smallest absolute Gasteiger partial charge is 0.255 e. The number of hydrogen-bond donors (Lipinski definition) is 2. The molecule has 0 bridgehead atoms. The standard InChI is InChI=1S/C39H47N5O7/c1-24-25(2)43(3)23-32(42-24)27-19-35(50-4)30(36(20-27)51-5)11-7-12-37(47)40-17-8-18-41-38(48)16-13-26-9-6-10-29-31(26)22-44(39(29)49)33-15-14-28(45)21-34(33)46/h6,9-10,19-20,23,33H,2,7-8,11-18,21-22H2,1,3-5H3,(H,40,47)(H,41,48). The molecule has 1 unspecified atom stereocenters. The predicted molar refractivity (Wildman–Crippen MR) is 193 cm³/mol. The lowest BCUT2D eigenvalue weighted by atomic mass is 9.92. The molecule has 2 heterocycles. The predicted octanol–water partition coefficient (Wildman–Crippen LogP) is 4.15. The molecule has 2 aliphatic heterocycles. The number of carbonyl (C=O) groups excluding carboxylic acids is 5. The number of fused-ring (bicyclic) bond motifs is 1. The summed E-state index contributed by atoms with van der Waals surface area (Å²) in [5.41, 5.74) is 6.50. The highest BCUT2D eigenvalue weighted by molar-refractivity contribution is 6.07. The van der Waals surface area contributed by atoms with Crippen LogP contribution in [0.3, 0.4) is 0 Å². The Bertz CT molecular complexity index is 1770. The summed E-state index contributed by atoms with van der Waals surface area (Å²) >= 11 is 0. The van der Waals surface area contributed by atoms with Gasteiger partial charge in [0.05, 0.1) is 43.8 Å². The molecule has 270 valence electrons. The summed E-state index contributed by atoms with van der Waals surface area (Å²) in [4.78, 5) is 70.6. The van der Waals surface area contributed by atoms with Crippen molar-refractivity contribution in [2.24, 2.45) is 4.99 Å². The van der Waals surface area contributed by atoms with Gasteiger partial charge in [-0.2, -0.15) is 0 Å². The summed E-state index contributed by atoms with van der Waals surface area (Å²) in [5.74, 6) is 0.677. The maximum atomic E-state index is 13.1. The first-order valence-corrected chi connectivity index (χ1v) is 17.4. The van der Waals surface area contributed by atoms with Gasteiger partial charge in [0, 0.05) is 68.8 Å². The van der Waals surface area contributed by atoms with Gasteiger partial charge in [0.2, 0.25) is 11.8 Å². The number of hydrogen-bond acceptors (Lipinski definition) is 9. The third-order valence-electron chi connectivity index (χ3n) is 9.71. The lowest BCUT2D eigenvalue weighted by Gasteiger charge is -2.29. The van der Waals surface area contributed by atoms with Crippen LogP contribution >= 0.6 is 0 Å². The van der Waals surface area contributed by atoms with E-state index < -0.39 is 6.04 Å². The molecule has 1 atom stereocenters. The van der Waals surface area contributed by atoms with Crippen LogP contribution in [0.1, 0.15) is 84.5 Å². The van der Waals surface area contributed by atoms with Gasteiger partial charge in [-0.05, 0) is 68.4 Å². The SMILES string of the molecule is C=C1C(C)=NC(c2cc(OC)c(CCCC(=O)NCCCNC(=O)CCc3cccc4c3CN(C3CCC(=O)CC3=O)C4=O)c(OC)c2)=CN1C. The van der Waals surface area contributed by atoms with Gasteiger partial charge >= 0.3 is 0 Å². The Labute approximate surface area is 298 Å². The average molecular weight is 698 g/mol. The van der Waals surface area contributed by atoms with Crippen LogP contribution in [-0.2, 0) is 38.6 Å². The summed E-state index contributed by atoms with van der Waals surface area (Å²) in [6.45, 7) is 7.13. The highest BCUT2D eigenvalue weighted by atomic mass is 16.5. The molecule has 0 radical (unpaired) electrons. The number of ketones is 2. The van der Waals surface area contributed by atoms with Crippen molar-refractivity contribution in [3.63, 3.8) is 0 Å². The number of nitrogens with zero attached hydrogens (tertiary/aromatic N) is 3. The van der Waals surface area contributed by atoms with Crippen LogP contribution in [0, 0.1) is 0 Å². The molecule has 0 saturated heterocycles. The third-order valence-corrected chi connectivity index (χ3v) is 9.71. The second-order valence-electron chi connectivity index (χ2n) is 13.1. The first-order valence-electron chi connectivity index (χ1n) is 17.4. The maximum Gasteiger partial charge on any atom is 0.255 e. The molecule has 0 spiro atoms. The maximum absolute atomic E-state index is 13.1. The summed E-state index contributed by atoms with van der Waals surface area (Å²) in [6.07, 6.45) is 5.28. The highest BCUT2D eigenvalue weighted by Crippen LogP contribution is 2.36. The number of Topliss-reactive ketones (excluding diaryl/α,β-unsaturated/α-hetero) is 2. The van der Waals surface area contributed by atoms with E-state index in [4.69, 9.17) is 9.47 Å². The molecule has 12 nitrogen and oxygen atoms in total. The van der Waals surface area contributed by atoms with Crippen molar-refractivity contribution in [3.8, 4) is 11.5 Å². The highest BCUT2D eigenvalue weighted by Gasteiger charge is 2.39. The Morgan fingerprint density at radius 3 is 2.31 bits per heavy atom. The molecule has 0 aromatic heterocycles. The number of aliphatic imine (C=N–C) groups is 1. The van der Waals surface area contributed by atoms with Gasteiger partial charge in [0.15, 0.2) is 5.78 Å². The summed E-state index contributed by atoms with van der Waals surface area (Å²) < 4.78 is 11.4. The fourth-order valence-electron chi connectivity index (χ4n) is 6.80. The van der Waals surface area contributed by atoms with E-state index in [0.717, 1.165) is 39.4 Å². The molecular weight excluding hydrogens is 650 g/mol. The van der Waals surface area contributed by atoms with Gasteiger partial charge in [0.25, 0.3) is 5.91 Å². The quantitative estimate of drug-likeness (QED) is 0.209. The zero-order valence-corrected chi connectivity index (χ0v) is 29.9. The topological polar surface area (TPSA) is 147 Å². The number of nitrogens with one attached hydrogen (secondary N) is 2. The van der Waals surface area contributed by atoms with Gasteiger partial charge in [0.1, 0.15) is 17.3 Å². The molecule has 1 aliphatic carbocycles. The molecule has 2 aromatic rings. The Hall–Kier alpha value is -5.26. The zero-order chi connectivity index (χ0) is 36.7. The van der Waals surface area contributed by atoms with Crippen LogP contribution in [0.15, 0.2) is 53.8 Å². The molecule has 2 N–H and O–H groups in total. The van der Waals surface area contributed by atoms with E-state index in [1.165, 1.54) is 0 Å². The summed E-state index contributed by atoms with van der Waals surface area (Å²) in [5, 5.41) is 5.83. The van der Waals surface area contributed by atoms with Crippen molar-refractivity contribution in [1.29, 1.82) is 0 Å². The number of benzene rings is 2. The van der Waals surface area contributed by atoms with Crippen molar-refractivity contribution < 1.29 is 33.4 Å². The Morgan fingerprint density at radius 2 is 1.67 bits per heavy atom. The first-order chi connectivity index (χ1) is 24.5. The van der Waals surface area contributed by atoms with Crippen molar-refractivity contribution in [1.82, 2.24) is 20.4 Å². The minimum atomic E-state index is -0.571. The van der Waals surface area contributed by atoms with Crippen LogP contribution in [0.5, 0.6) is 11.5 Å². The van der Waals surface area contributed by atoms with E-state index in [2.05, 4.69) is 22.2 Å². The second-order valence-corrected chi connectivity index (χ2v) is 13.1. The summed E-state index contributed by atoms with van der Waals surface area (Å²) in [6, 6.07) is 8.76. The Kier molecular flexibility index (Phi) is 12.1. The van der Waals surface area contributed by atoms with Crippen LogP contribution in [-0.4, -0.2) is 85.2 Å². The second kappa shape index (κ2) is 16.6. The van der Waals surface area contributed by atoms with Crippen LogP contribution in [0.4, 0.5) is 0 Å². The molecule has 51 heavy (non-hydrogen) atoms. The van der Waals surface area contributed by atoms with E-state index >= 15 is 0 Å². The lowest BCUT2D eigenvalue weighted by Crippen LogP contribution is -2.44. The van der Waals surface area contributed by atoms with Gasteiger partial charge in [-0.3, -0.25) is 24.0 Å². The van der Waals surface area contributed by atoms with Crippen LogP contribution in [0.25, 0.3) is 5.70 Å². The van der Waals surface area contributed by atoms with E-state index in [9.17, 15) is 24.0 Å². The van der Waals surface area contributed by atoms with Gasteiger partial charge in [-0.15, -0.1) is 0 Å². The molecule has 2 aromatic carbocycles. The summed E-state index contributed by atoms with van der Waals surface area (Å²) in [7, 11) is 5.15. The first kappa shape index (κ1) is 37.0. The number of allylic oxidation sites excluding steroid dienone is 1. The van der Waals surface area contributed by atoms with Gasteiger partial charge in [-0.1, -0.05) is 18.7 Å². The van der Waals surface area contributed by atoms with E-state index in [1.54, 1.807) is 31.3 Å². The number of carbonyl (C=O) groups is 5. The van der Waals surface area contributed by atoms with Gasteiger partial charge < -0.3 is 29.9 Å². The normalized spacial score (nSPS) is 17.2. The fourth-order valence-corrected chi connectivity index (χ4v) is 6.80. The van der Waals surface area contributed by atoms with Crippen LogP contribution < -0.4 is 20.1 Å². The number of rotatable bonds is 15. The van der Waals surface area contributed by atoms with Gasteiger partial charge in [-0.25, -0.2) is 4.99 Å². The zero-order valence-electron chi connectivity index (χ0n) is 29.9. The average Bonchev–Trinajstić information content (AvgIpc) is 3.45. The Balaban J connectivity index is 1.02.